The zero-order valence-corrected chi connectivity index (χ0v) is 12.4. The van der Waals surface area contributed by atoms with E-state index in [2.05, 4.69) is 20.5 Å². The first-order chi connectivity index (χ1) is 10.1. The van der Waals surface area contributed by atoms with Crippen molar-refractivity contribution >= 4 is 11.6 Å². The Hall–Kier alpha value is -1.63. The van der Waals surface area contributed by atoms with Crippen LogP contribution in [-0.2, 0) is 10.4 Å². The molecule has 1 aromatic carbocycles. The van der Waals surface area contributed by atoms with Crippen LogP contribution in [0.15, 0.2) is 29.3 Å². The van der Waals surface area contributed by atoms with Crippen LogP contribution in [0, 0.1) is 0 Å². The molecule has 0 bridgehead atoms. The maximum absolute atomic E-state index is 6.34. The van der Waals surface area contributed by atoms with Gasteiger partial charge in [-0.25, -0.2) is 0 Å². The van der Waals surface area contributed by atoms with Crippen molar-refractivity contribution in [3.63, 3.8) is 0 Å². The lowest BCUT2D eigenvalue weighted by atomic mass is 9.98. The number of aliphatic imine (C=N–C) groups is 1. The zero-order chi connectivity index (χ0) is 14.7. The van der Waals surface area contributed by atoms with Crippen LogP contribution in [0.3, 0.4) is 0 Å². The van der Waals surface area contributed by atoms with Gasteiger partial charge in [0.2, 0.25) is 0 Å². The number of rotatable bonds is 3. The molecule has 0 amide bonds. The molecule has 2 heterocycles. The van der Waals surface area contributed by atoms with Gasteiger partial charge in [0.1, 0.15) is 5.66 Å². The van der Waals surface area contributed by atoms with Gasteiger partial charge in [-0.2, -0.15) is 0 Å². The van der Waals surface area contributed by atoms with Crippen molar-refractivity contribution in [2.24, 2.45) is 10.7 Å². The number of nitrogens with one attached hydrogen (secondary N) is 2. The molecule has 21 heavy (non-hydrogen) atoms. The standard InChI is InChI=1S/C15H23N5O/c1-15(16)12-4-2-3-5-13(12)18-14(19-15)17-6-7-20-8-10-21-11-9-20/h2-5H,6-11,16H2,1H3,(H2,17,18,19). The molecular formula is C15H23N5O. The fourth-order valence-corrected chi connectivity index (χ4v) is 2.72. The molecule has 2 aliphatic rings. The SMILES string of the molecule is CC1(N)NC(=NCCN2CCOCC2)Nc2ccccc21. The Morgan fingerprint density at radius 3 is 2.90 bits per heavy atom. The van der Waals surface area contributed by atoms with Crippen LogP contribution in [0.1, 0.15) is 12.5 Å². The molecule has 1 unspecified atom stereocenters. The highest BCUT2D eigenvalue weighted by molar-refractivity contribution is 5.97. The van der Waals surface area contributed by atoms with Crippen molar-refractivity contribution in [1.82, 2.24) is 10.2 Å². The number of ether oxygens (including phenoxy) is 1. The van der Waals surface area contributed by atoms with Crippen LogP contribution >= 0.6 is 0 Å². The third-order valence-corrected chi connectivity index (χ3v) is 3.91. The predicted octanol–water partition coefficient (Wildman–Crippen LogP) is 0.521. The zero-order valence-electron chi connectivity index (χ0n) is 12.4. The summed E-state index contributed by atoms with van der Waals surface area (Å²) in [5.74, 6) is 0.743. The van der Waals surface area contributed by atoms with Crippen LogP contribution in [0.25, 0.3) is 0 Å². The van der Waals surface area contributed by atoms with E-state index in [0.29, 0.717) is 0 Å². The summed E-state index contributed by atoms with van der Waals surface area (Å²) < 4.78 is 5.34. The van der Waals surface area contributed by atoms with E-state index in [1.807, 2.05) is 31.2 Å². The van der Waals surface area contributed by atoms with E-state index in [9.17, 15) is 0 Å². The van der Waals surface area contributed by atoms with E-state index in [1.165, 1.54) is 0 Å². The normalized spacial score (nSPS) is 27.8. The lowest BCUT2D eigenvalue weighted by molar-refractivity contribution is 0.0394. The third-order valence-electron chi connectivity index (χ3n) is 3.91. The Bertz CT molecular complexity index is 523. The van der Waals surface area contributed by atoms with Gasteiger partial charge in [0.05, 0.1) is 19.8 Å². The molecule has 0 spiro atoms. The number of hydrogen-bond acceptors (Lipinski definition) is 4. The molecule has 6 nitrogen and oxygen atoms in total. The molecule has 4 N–H and O–H groups in total. The van der Waals surface area contributed by atoms with Gasteiger partial charge in [0.15, 0.2) is 5.96 Å². The molecule has 0 saturated carbocycles. The van der Waals surface area contributed by atoms with Gasteiger partial charge >= 0.3 is 0 Å². The molecule has 2 aliphatic heterocycles. The number of morpholine rings is 1. The highest BCUT2D eigenvalue weighted by Crippen LogP contribution is 2.27. The number of guanidine groups is 1. The van der Waals surface area contributed by atoms with Gasteiger partial charge in [-0.3, -0.25) is 9.89 Å². The van der Waals surface area contributed by atoms with Crippen LogP contribution in [0.5, 0.6) is 0 Å². The van der Waals surface area contributed by atoms with E-state index in [-0.39, 0.29) is 0 Å². The lowest BCUT2D eigenvalue weighted by Crippen LogP contribution is -2.56. The summed E-state index contributed by atoms with van der Waals surface area (Å²) in [7, 11) is 0. The Balaban J connectivity index is 1.63. The van der Waals surface area contributed by atoms with Gasteiger partial charge in [-0.05, 0) is 13.0 Å². The Kier molecular flexibility index (Phi) is 4.10. The average Bonchev–Trinajstić information content (AvgIpc) is 2.48. The van der Waals surface area contributed by atoms with Crippen molar-refractivity contribution in [3.8, 4) is 0 Å². The molecule has 6 heteroatoms. The maximum atomic E-state index is 6.34. The molecule has 0 radical (unpaired) electrons. The Morgan fingerprint density at radius 1 is 1.33 bits per heavy atom. The molecule has 0 aromatic heterocycles. The van der Waals surface area contributed by atoms with Crippen LogP contribution in [-0.4, -0.2) is 50.3 Å². The first-order valence-corrected chi connectivity index (χ1v) is 7.43. The molecule has 1 atom stereocenters. The minimum absolute atomic E-state index is 0.598. The third kappa shape index (κ3) is 3.34. The van der Waals surface area contributed by atoms with E-state index in [1.54, 1.807) is 0 Å². The first-order valence-electron chi connectivity index (χ1n) is 7.43. The van der Waals surface area contributed by atoms with Crippen LogP contribution in [0.4, 0.5) is 5.69 Å². The summed E-state index contributed by atoms with van der Waals surface area (Å²) in [4.78, 5) is 6.97. The van der Waals surface area contributed by atoms with Gasteiger partial charge < -0.3 is 21.1 Å². The highest BCUT2D eigenvalue weighted by atomic mass is 16.5. The monoisotopic (exact) mass is 289 g/mol. The molecule has 0 aliphatic carbocycles. The quantitative estimate of drug-likeness (QED) is 0.756. The largest absolute Gasteiger partial charge is 0.379 e. The van der Waals surface area contributed by atoms with Gasteiger partial charge in [-0.1, -0.05) is 18.2 Å². The van der Waals surface area contributed by atoms with E-state index in [0.717, 1.165) is 56.6 Å². The van der Waals surface area contributed by atoms with Gasteiger partial charge in [0, 0.05) is 30.9 Å². The molecule has 114 valence electrons. The molecule has 3 rings (SSSR count). The van der Waals surface area contributed by atoms with Gasteiger partial charge in [-0.15, -0.1) is 0 Å². The number of anilines is 1. The van der Waals surface area contributed by atoms with Crippen molar-refractivity contribution in [2.45, 2.75) is 12.6 Å². The average molecular weight is 289 g/mol. The van der Waals surface area contributed by atoms with E-state index >= 15 is 0 Å². The van der Waals surface area contributed by atoms with Crippen molar-refractivity contribution in [3.05, 3.63) is 29.8 Å². The predicted molar refractivity (Wildman–Crippen MR) is 84.3 cm³/mol. The molecular weight excluding hydrogens is 266 g/mol. The number of hydrogen-bond donors (Lipinski definition) is 3. The highest BCUT2D eigenvalue weighted by Gasteiger charge is 2.29. The summed E-state index contributed by atoms with van der Waals surface area (Å²) in [5.41, 5.74) is 7.81. The number of fused-ring (bicyclic) bond motifs is 1. The summed E-state index contributed by atoms with van der Waals surface area (Å²) in [6, 6.07) is 8.05. The molecule has 1 aromatic rings. The minimum Gasteiger partial charge on any atom is -0.379 e. The molecule has 1 saturated heterocycles. The fraction of sp³-hybridized carbons (Fsp3) is 0.533. The van der Waals surface area contributed by atoms with Crippen molar-refractivity contribution < 1.29 is 4.74 Å². The number of benzene rings is 1. The number of para-hydroxylation sites is 1. The second-order valence-corrected chi connectivity index (χ2v) is 5.68. The first kappa shape index (κ1) is 14.3. The number of nitrogens with zero attached hydrogens (tertiary/aromatic N) is 2. The summed E-state index contributed by atoms with van der Waals surface area (Å²) in [6.07, 6.45) is 0. The lowest BCUT2D eigenvalue weighted by Gasteiger charge is -2.35. The van der Waals surface area contributed by atoms with Crippen molar-refractivity contribution in [2.75, 3.05) is 44.7 Å². The smallest absolute Gasteiger partial charge is 0.197 e. The maximum Gasteiger partial charge on any atom is 0.197 e. The summed E-state index contributed by atoms with van der Waals surface area (Å²) in [6.45, 7) is 7.27. The number of nitrogens with two attached hydrogens (primary N) is 1. The second-order valence-electron chi connectivity index (χ2n) is 5.68. The summed E-state index contributed by atoms with van der Waals surface area (Å²) in [5, 5.41) is 6.57. The van der Waals surface area contributed by atoms with Gasteiger partial charge in [0.25, 0.3) is 0 Å². The van der Waals surface area contributed by atoms with E-state index < -0.39 is 5.66 Å². The summed E-state index contributed by atoms with van der Waals surface area (Å²) >= 11 is 0. The molecule has 1 fully saturated rings. The van der Waals surface area contributed by atoms with E-state index in [4.69, 9.17) is 10.5 Å². The second kappa shape index (κ2) is 6.01. The van der Waals surface area contributed by atoms with Crippen LogP contribution < -0.4 is 16.4 Å². The van der Waals surface area contributed by atoms with Crippen molar-refractivity contribution in [1.29, 1.82) is 0 Å². The fourth-order valence-electron chi connectivity index (χ4n) is 2.72. The van der Waals surface area contributed by atoms with Crippen LogP contribution in [0.2, 0.25) is 0 Å². The minimum atomic E-state index is -0.598. The Labute approximate surface area is 125 Å². The topological polar surface area (TPSA) is 74.9 Å². The Morgan fingerprint density at radius 2 is 2.10 bits per heavy atom.